The van der Waals surface area contributed by atoms with E-state index in [1.165, 1.54) is 30.3 Å². The molecule has 178 valence electrons. The standard InChI is InChI=1S/C23H27ClFN3O4S/c1-23(2,3)22(30)28-12-6-7-15(14-28)21(29)26-19-13-16(24)10-11-18(19)27-33(31,32)20-9-5-4-8-17(20)25/h4-5,8-11,13,15,27H,6-7,12,14H2,1-3H3,(H,26,29). The lowest BCUT2D eigenvalue weighted by atomic mass is 9.91. The fourth-order valence-electron chi connectivity index (χ4n) is 3.66. The van der Waals surface area contributed by atoms with Gasteiger partial charge in [0.1, 0.15) is 10.7 Å². The van der Waals surface area contributed by atoms with Gasteiger partial charge in [-0.1, -0.05) is 44.5 Å². The van der Waals surface area contributed by atoms with E-state index in [1.54, 1.807) is 4.90 Å². The maximum atomic E-state index is 14.0. The van der Waals surface area contributed by atoms with Crippen molar-refractivity contribution in [1.29, 1.82) is 0 Å². The fourth-order valence-corrected chi connectivity index (χ4v) is 4.99. The lowest BCUT2D eigenvalue weighted by Gasteiger charge is -2.36. The summed E-state index contributed by atoms with van der Waals surface area (Å²) in [6, 6.07) is 9.27. The van der Waals surface area contributed by atoms with E-state index in [9.17, 15) is 22.4 Å². The van der Waals surface area contributed by atoms with Crippen molar-refractivity contribution >= 4 is 44.8 Å². The number of hydrogen-bond acceptors (Lipinski definition) is 4. The van der Waals surface area contributed by atoms with Crippen LogP contribution < -0.4 is 10.0 Å². The smallest absolute Gasteiger partial charge is 0.264 e. The summed E-state index contributed by atoms with van der Waals surface area (Å²) in [5.41, 5.74) is -0.357. The molecule has 1 aliphatic heterocycles. The van der Waals surface area contributed by atoms with Gasteiger partial charge in [-0.25, -0.2) is 12.8 Å². The van der Waals surface area contributed by atoms with Crippen LogP contribution in [0.1, 0.15) is 33.6 Å². The molecule has 10 heteroatoms. The summed E-state index contributed by atoms with van der Waals surface area (Å²) in [6.45, 7) is 6.36. The minimum absolute atomic E-state index is 0.0268. The number of sulfonamides is 1. The zero-order valence-corrected chi connectivity index (χ0v) is 20.3. The number of likely N-dealkylation sites (tertiary alicyclic amines) is 1. The Morgan fingerprint density at radius 3 is 2.48 bits per heavy atom. The van der Waals surface area contributed by atoms with Crippen LogP contribution in [-0.4, -0.2) is 38.2 Å². The van der Waals surface area contributed by atoms with Crippen molar-refractivity contribution in [3.63, 3.8) is 0 Å². The highest BCUT2D eigenvalue weighted by Gasteiger charge is 2.33. The van der Waals surface area contributed by atoms with Crippen molar-refractivity contribution in [1.82, 2.24) is 4.90 Å². The number of halogens is 2. The van der Waals surface area contributed by atoms with E-state index in [1.807, 2.05) is 20.8 Å². The number of carbonyl (C=O) groups excluding carboxylic acids is 2. The minimum Gasteiger partial charge on any atom is -0.341 e. The fraction of sp³-hybridized carbons (Fsp3) is 0.391. The van der Waals surface area contributed by atoms with Gasteiger partial charge in [-0.15, -0.1) is 0 Å². The molecule has 2 N–H and O–H groups in total. The highest BCUT2D eigenvalue weighted by Crippen LogP contribution is 2.30. The quantitative estimate of drug-likeness (QED) is 0.638. The Morgan fingerprint density at radius 1 is 1.12 bits per heavy atom. The van der Waals surface area contributed by atoms with Crippen LogP contribution in [0.5, 0.6) is 0 Å². The summed E-state index contributed by atoms with van der Waals surface area (Å²) in [5, 5.41) is 3.01. The molecule has 33 heavy (non-hydrogen) atoms. The number of benzene rings is 2. The Labute approximate surface area is 198 Å². The van der Waals surface area contributed by atoms with Crippen LogP contribution >= 0.6 is 11.6 Å². The summed E-state index contributed by atoms with van der Waals surface area (Å²) in [4.78, 5) is 26.8. The topological polar surface area (TPSA) is 95.6 Å². The van der Waals surface area contributed by atoms with Crippen molar-refractivity contribution in [3.8, 4) is 0 Å². The maximum Gasteiger partial charge on any atom is 0.264 e. The SMILES string of the molecule is CC(C)(C)C(=O)N1CCCC(C(=O)Nc2cc(Cl)ccc2NS(=O)(=O)c2ccccc2F)C1. The van der Waals surface area contributed by atoms with E-state index in [0.29, 0.717) is 19.4 Å². The zero-order chi connectivity index (χ0) is 24.4. The van der Waals surface area contributed by atoms with Gasteiger partial charge in [0.2, 0.25) is 11.8 Å². The Bertz CT molecular complexity index is 1160. The summed E-state index contributed by atoms with van der Waals surface area (Å²) in [6.07, 6.45) is 1.28. The van der Waals surface area contributed by atoms with Gasteiger partial charge in [0.25, 0.3) is 10.0 Å². The second kappa shape index (κ2) is 9.69. The molecule has 1 saturated heterocycles. The molecule has 0 saturated carbocycles. The normalized spacial score (nSPS) is 16.9. The molecular formula is C23H27ClFN3O4S. The van der Waals surface area contributed by atoms with E-state index in [0.717, 1.165) is 12.1 Å². The molecule has 0 spiro atoms. The molecule has 1 fully saturated rings. The summed E-state index contributed by atoms with van der Waals surface area (Å²) in [5.74, 6) is -1.73. The number of hydrogen-bond donors (Lipinski definition) is 2. The predicted octanol–water partition coefficient (Wildman–Crippen LogP) is 4.50. The molecule has 2 aromatic rings. The molecule has 0 radical (unpaired) electrons. The van der Waals surface area contributed by atoms with Gasteiger partial charge in [-0.2, -0.15) is 0 Å². The monoisotopic (exact) mass is 495 g/mol. The maximum absolute atomic E-state index is 14.0. The van der Waals surface area contributed by atoms with E-state index in [4.69, 9.17) is 11.6 Å². The van der Waals surface area contributed by atoms with Crippen molar-refractivity contribution in [2.24, 2.45) is 11.3 Å². The molecule has 1 atom stereocenters. The molecule has 0 aromatic heterocycles. The second-order valence-corrected chi connectivity index (χ2v) is 11.1. The van der Waals surface area contributed by atoms with Crippen LogP contribution in [-0.2, 0) is 19.6 Å². The first kappa shape index (κ1) is 25.0. The molecule has 2 aromatic carbocycles. The van der Waals surface area contributed by atoms with Gasteiger partial charge in [0.15, 0.2) is 0 Å². The first-order valence-electron chi connectivity index (χ1n) is 10.6. The second-order valence-electron chi connectivity index (χ2n) is 9.06. The average molecular weight is 496 g/mol. The number of carbonyl (C=O) groups is 2. The van der Waals surface area contributed by atoms with E-state index < -0.39 is 32.1 Å². The van der Waals surface area contributed by atoms with E-state index in [-0.39, 0.29) is 34.8 Å². The molecule has 0 bridgehead atoms. The van der Waals surface area contributed by atoms with Gasteiger partial charge in [-0.05, 0) is 43.2 Å². The number of piperidine rings is 1. The van der Waals surface area contributed by atoms with Gasteiger partial charge in [0.05, 0.1) is 17.3 Å². The van der Waals surface area contributed by atoms with Crippen LogP contribution in [0.25, 0.3) is 0 Å². The zero-order valence-electron chi connectivity index (χ0n) is 18.7. The van der Waals surface area contributed by atoms with Crippen LogP contribution in [0, 0.1) is 17.2 Å². The van der Waals surface area contributed by atoms with Gasteiger partial charge < -0.3 is 10.2 Å². The van der Waals surface area contributed by atoms with Gasteiger partial charge in [0, 0.05) is 23.5 Å². The third-order valence-electron chi connectivity index (χ3n) is 5.33. The van der Waals surface area contributed by atoms with Crippen LogP contribution in [0.2, 0.25) is 5.02 Å². The van der Waals surface area contributed by atoms with E-state index in [2.05, 4.69) is 10.0 Å². The number of amides is 2. The molecule has 1 unspecified atom stereocenters. The number of rotatable bonds is 5. The summed E-state index contributed by atoms with van der Waals surface area (Å²) < 4.78 is 41.8. The Morgan fingerprint density at radius 2 is 1.82 bits per heavy atom. The van der Waals surface area contributed by atoms with Crippen molar-refractivity contribution in [2.45, 2.75) is 38.5 Å². The van der Waals surface area contributed by atoms with Crippen molar-refractivity contribution < 1.29 is 22.4 Å². The van der Waals surface area contributed by atoms with Crippen molar-refractivity contribution in [3.05, 3.63) is 53.3 Å². The highest BCUT2D eigenvalue weighted by molar-refractivity contribution is 7.92. The lowest BCUT2D eigenvalue weighted by Crippen LogP contribution is -2.47. The summed E-state index contributed by atoms with van der Waals surface area (Å²) >= 11 is 6.07. The first-order chi connectivity index (χ1) is 15.4. The highest BCUT2D eigenvalue weighted by atomic mass is 35.5. The predicted molar refractivity (Wildman–Crippen MR) is 126 cm³/mol. The molecule has 3 rings (SSSR count). The molecule has 7 nitrogen and oxygen atoms in total. The molecule has 1 heterocycles. The Hall–Kier alpha value is -2.65. The van der Waals surface area contributed by atoms with Crippen LogP contribution in [0.4, 0.5) is 15.8 Å². The lowest BCUT2D eigenvalue weighted by molar-refractivity contribution is -0.142. The largest absolute Gasteiger partial charge is 0.341 e. The average Bonchev–Trinajstić information content (AvgIpc) is 2.74. The van der Waals surface area contributed by atoms with Gasteiger partial charge in [-0.3, -0.25) is 14.3 Å². The Balaban J connectivity index is 1.80. The van der Waals surface area contributed by atoms with Gasteiger partial charge >= 0.3 is 0 Å². The number of nitrogens with zero attached hydrogens (tertiary/aromatic N) is 1. The number of nitrogens with one attached hydrogen (secondary N) is 2. The molecule has 2 amide bonds. The molecular weight excluding hydrogens is 469 g/mol. The number of anilines is 2. The summed E-state index contributed by atoms with van der Waals surface area (Å²) in [7, 11) is -4.25. The molecule has 1 aliphatic rings. The third kappa shape index (κ3) is 6.03. The molecule has 0 aliphatic carbocycles. The third-order valence-corrected chi connectivity index (χ3v) is 6.96. The van der Waals surface area contributed by atoms with Crippen LogP contribution in [0.3, 0.4) is 0 Å². The van der Waals surface area contributed by atoms with Crippen LogP contribution in [0.15, 0.2) is 47.4 Å². The minimum atomic E-state index is -4.25. The Kier molecular flexibility index (Phi) is 7.33. The van der Waals surface area contributed by atoms with E-state index >= 15 is 0 Å². The van der Waals surface area contributed by atoms with Crippen molar-refractivity contribution in [2.75, 3.05) is 23.1 Å². The first-order valence-corrected chi connectivity index (χ1v) is 12.4.